The molecule has 2 heterocycles. The van der Waals surface area contributed by atoms with Crippen LogP contribution in [-0.4, -0.2) is 33.8 Å². The van der Waals surface area contributed by atoms with E-state index in [0.29, 0.717) is 25.1 Å². The highest BCUT2D eigenvalue weighted by molar-refractivity contribution is 5.90. The second-order valence-corrected chi connectivity index (χ2v) is 9.53. The highest BCUT2D eigenvalue weighted by Gasteiger charge is 2.45. The summed E-state index contributed by atoms with van der Waals surface area (Å²) in [5, 5.41) is 22.6. The van der Waals surface area contributed by atoms with Gasteiger partial charge in [0.15, 0.2) is 0 Å². The maximum atomic E-state index is 13.6. The maximum Gasteiger partial charge on any atom is 0.226 e. The minimum absolute atomic E-state index is 0.0281. The summed E-state index contributed by atoms with van der Waals surface area (Å²) in [7, 11) is 0. The molecule has 2 N–H and O–H groups in total. The molecule has 1 aromatic carbocycles. The van der Waals surface area contributed by atoms with E-state index < -0.39 is 5.54 Å². The van der Waals surface area contributed by atoms with Crippen molar-refractivity contribution in [3.63, 3.8) is 0 Å². The number of rotatable bonds is 4. The Labute approximate surface area is 187 Å². The first-order valence-electron chi connectivity index (χ1n) is 11.6. The number of fused-ring (bicyclic) bond motifs is 3. The molecule has 0 saturated heterocycles. The number of nitriles is 2. The summed E-state index contributed by atoms with van der Waals surface area (Å²) in [5.74, 6) is -0.0795. The molecule has 0 unspecified atom stereocenters. The van der Waals surface area contributed by atoms with E-state index in [9.17, 15) is 20.1 Å². The van der Waals surface area contributed by atoms with Crippen molar-refractivity contribution in [2.75, 3.05) is 6.54 Å². The first-order valence-corrected chi connectivity index (χ1v) is 11.6. The van der Waals surface area contributed by atoms with Crippen molar-refractivity contribution >= 4 is 22.7 Å². The molecule has 5 rings (SSSR count). The second-order valence-electron chi connectivity index (χ2n) is 9.53. The van der Waals surface area contributed by atoms with Crippen molar-refractivity contribution < 1.29 is 9.59 Å². The zero-order chi connectivity index (χ0) is 22.3. The number of para-hydroxylation sites is 1. The number of H-pyrrole nitrogens is 1. The average molecular weight is 430 g/mol. The number of nitrogens with zero attached hydrogens (tertiary/aromatic N) is 3. The second kappa shape index (κ2) is 7.98. The van der Waals surface area contributed by atoms with Gasteiger partial charge in [-0.25, -0.2) is 0 Å². The number of carbonyl (C=O) groups is 2. The largest absolute Gasteiger partial charge is 0.357 e. The van der Waals surface area contributed by atoms with E-state index in [1.165, 1.54) is 0 Å². The quantitative estimate of drug-likeness (QED) is 0.776. The fraction of sp³-hybridized carbons (Fsp3) is 0.520. The predicted molar refractivity (Wildman–Crippen MR) is 118 cm³/mol. The topological polar surface area (TPSA) is 113 Å². The van der Waals surface area contributed by atoms with Gasteiger partial charge < -0.3 is 15.2 Å². The minimum atomic E-state index is -0.661. The Balaban J connectivity index is 1.32. The zero-order valence-corrected chi connectivity index (χ0v) is 18.1. The lowest BCUT2D eigenvalue weighted by Gasteiger charge is -2.36. The van der Waals surface area contributed by atoms with Crippen molar-refractivity contribution in [3.8, 4) is 12.1 Å². The molecule has 2 fully saturated rings. The molecule has 1 aliphatic heterocycles. The third kappa shape index (κ3) is 3.62. The number of hydrogen-bond donors (Lipinski definition) is 2. The molecule has 164 valence electrons. The predicted octanol–water partition coefficient (Wildman–Crippen LogP) is 3.29. The lowest BCUT2D eigenvalue weighted by molar-refractivity contribution is -0.140. The number of amides is 2. The number of aromatic nitrogens is 1. The van der Waals surface area contributed by atoms with Gasteiger partial charge in [-0.1, -0.05) is 25.0 Å². The van der Waals surface area contributed by atoms with Crippen LogP contribution >= 0.6 is 0 Å². The molecule has 2 aliphatic carbocycles. The van der Waals surface area contributed by atoms with Crippen LogP contribution in [0.1, 0.15) is 61.8 Å². The number of carbonyl (C=O) groups excluding carboxylic acids is 2. The molecule has 2 amide bonds. The van der Waals surface area contributed by atoms with E-state index in [2.05, 4.69) is 22.4 Å². The molecule has 0 bridgehead atoms. The molecule has 3 aliphatic rings. The van der Waals surface area contributed by atoms with E-state index in [1.807, 2.05) is 23.1 Å². The van der Waals surface area contributed by atoms with Crippen LogP contribution in [0.25, 0.3) is 10.9 Å². The Morgan fingerprint density at radius 3 is 2.78 bits per heavy atom. The van der Waals surface area contributed by atoms with E-state index in [4.69, 9.17) is 0 Å². The lowest BCUT2D eigenvalue weighted by Crippen LogP contribution is -2.44. The van der Waals surface area contributed by atoms with Crippen LogP contribution < -0.4 is 5.32 Å². The fourth-order valence-corrected chi connectivity index (χ4v) is 5.48. The van der Waals surface area contributed by atoms with Gasteiger partial charge in [0, 0.05) is 48.5 Å². The van der Waals surface area contributed by atoms with Gasteiger partial charge in [0.1, 0.15) is 11.6 Å². The summed E-state index contributed by atoms with van der Waals surface area (Å²) in [6, 6.07) is 10.2. The standard InChI is InChI=1S/C25H27N5O2/c26-13-17-5-3-7-19-20-14-30(11-8-21(20)28-23(17)19)24(32)18-6-2-1-4-16(18)12-22(31)29-25(15-27)9-10-25/h3,5,7,16,18,28H,1-2,4,6,8-12,14H2,(H,29,31)/t16-,18-/m1/s1. The van der Waals surface area contributed by atoms with Crippen LogP contribution in [0.15, 0.2) is 18.2 Å². The molecule has 7 nitrogen and oxygen atoms in total. The van der Waals surface area contributed by atoms with Crippen molar-refractivity contribution in [1.82, 2.24) is 15.2 Å². The van der Waals surface area contributed by atoms with Crippen LogP contribution in [0.2, 0.25) is 0 Å². The van der Waals surface area contributed by atoms with Crippen LogP contribution in [0, 0.1) is 34.5 Å². The Hall–Kier alpha value is -3.32. The van der Waals surface area contributed by atoms with Crippen LogP contribution in [0.5, 0.6) is 0 Å². The Kier molecular flexibility index (Phi) is 5.13. The number of hydrogen-bond acceptors (Lipinski definition) is 4. The summed E-state index contributed by atoms with van der Waals surface area (Å²) in [6.07, 6.45) is 6.23. The Bertz CT molecular complexity index is 1160. The first kappa shape index (κ1) is 20.6. The zero-order valence-electron chi connectivity index (χ0n) is 18.1. The fourth-order valence-electron chi connectivity index (χ4n) is 5.48. The van der Waals surface area contributed by atoms with Crippen LogP contribution in [0.4, 0.5) is 0 Å². The van der Waals surface area contributed by atoms with Gasteiger partial charge in [0.2, 0.25) is 11.8 Å². The third-order valence-corrected chi connectivity index (χ3v) is 7.46. The lowest BCUT2D eigenvalue weighted by atomic mass is 9.76. The minimum Gasteiger partial charge on any atom is -0.357 e. The number of aromatic amines is 1. The van der Waals surface area contributed by atoms with E-state index in [0.717, 1.165) is 67.1 Å². The van der Waals surface area contributed by atoms with Crippen molar-refractivity contribution in [3.05, 3.63) is 35.0 Å². The monoisotopic (exact) mass is 429 g/mol. The molecule has 7 heteroatoms. The van der Waals surface area contributed by atoms with Gasteiger partial charge in [-0.15, -0.1) is 0 Å². The van der Waals surface area contributed by atoms with Gasteiger partial charge in [0.25, 0.3) is 0 Å². The van der Waals surface area contributed by atoms with Crippen molar-refractivity contribution in [2.45, 2.75) is 63.5 Å². The first-order chi connectivity index (χ1) is 15.5. The summed E-state index contributed by atoms with van der Waals surface area (Å²) in [6.45, 7) is 1.18. The normalized spacial score (nSPS) is 23.6. The molecule has 2 saturated carbocycles. The average Bonchev–Trinajstić information content (AvgIpc) is 3.48. The summed E-state index contributed by atoms with van der Waals surface area (Å²) >= 11 is 0. The Morgan fingerprint density at radius 2 is 2.03 bits per heavy atom. The molecule has 2 aromatic rings. The molecular formula is C25H27N5O2. The Morgan fingerprint density at radius 1 is 1.22 bits per heavy atom. The third-order valence-electron chi connectivity index (χ3n) is 7.46. The summed E-state index contributed by atoms with van der Waals surface area (Å²) < 4.78 is 0. The highest BCUT2D eigenvalue weighted by Crippen LogP contribution is 2.38. The van der Waals surface area contributed by atoms with Gasteiger partial charge >= 0.3 is 0 Å². The van der Waals surface area contributed by atoms with E-state index >= 15 is 0 Å². The van der Waals surface area contributed by atoms with Crippen molar-refractivity contribution in [1.29, 1.82) is 10.5 Å². The molecule has 0 radical (unpaired) electrons. The number of nitrogens with one attached hydrogen (secondary N) is 2. The van der Waals surface area contributed by atoms with Crippen molar-refractivity contribution in [2.24, 2.45) is 11.8 Å². The molecule has 0 spiro atoms. The summed E-state index contributed by atoms with van der Waals surface area (Å²) in [5.41, 5.74) is 3.03. The molecular weight excluding hydrogens is 402 g/mol. The highest BCUT2D eigenvalue weighted by atomic mass is 16.2. The van der Waals surface area contributed by atoms with Gasteiger partial charge in [-0.05, 0) is 37.7 Å². The van der Waals surface area contributed by atoms with Gasteiger partial charge in [-0.3, -0.25) is 9.59 Å². The van der Waals surface area contributed by atoms with E-state index in [1.54, 1.807) is 0 Å². The SMILES string of the molecule is N#Cc1cccc2c3c([nH]c12)CCN(C(=O)[C@@H]1CCCC[C@@H]1CC(=O)NC1(C#N)CC1)C3. The molecule has 1 aromatic heterocycles. The van der Waals surface area contributed by atoms with Gasteiger partial charge in [-0.2, -0.15) is 10.5 Å². The van der Waals surface area contributed by atoms with Gasteiger partial charge in [0.05, 0.1) is 17.1 Å². The maximum absolute atomic E-state index is 13.6. The smallest absolute Gasteiger partial charge is 0.226 e. The molecule has 2 atom stereocenters. The number of benzene rings is 1. The van der Waals surface area contributed by atoms with Crippen LogP contribution in [0.3, 0.4) is 0 Å². The van der Waals surface area contributed by atoms with E-state index in [-0.39, 0.29) is 23.7 Å². The van der Waals surface area contributed by atoms with Crippen LogP contribution in [-0.2, 0) is 22.6 Å². The summed E-state index contributed by atoms with van der Waals surface area (Å²) in [4.78, 5) is 31.5. The molecule has 32 heavy (non-hydrogen) atoms.